The molecule has 2 aromatic heterocycles. The maximum Gasteiger partial charge on any atom is 0.351 e. The first-order valence-corrected chi connectivity index (χ1v) is 13.8. The molecule has 4 atom stereocenters. The molecule has 1 N–H and O–H groups in total. The van der Waals surface area contributed by atoms with Crippen molar-refractivity contribution >= 4 is 28.9 Å². The Labute approximate surface area is 254 Å². The number of hydrogen-bond donors (Lipinski definition) is 1. The first-order chi connectivity index (χ1) is 21.7. The number of aromatic nitrogens is 3. The lowest BCUT2D eigenvalue weighted by Crippen LogP contribution is -2.51. The third kappa shape index (κ3) is 5.86. The van der Waals surface area contributed by atoms with Crippen LogP contribution in [0.5, 0.6) is 0 Å². The Balaban J connectivity index is 1.47. The van der Waals surface area contributed by atoms with E-state index in [0.29, 0.717) is 5.39 Å². The summed E-state index contributed by atoms with van der Waals surface area (Å²) in [6, 6.07) is 26.8. The van der Waals surface area contributed by atoms with Crippen LogP contribution < -0.4 is 11.2 Å². The zero-order valence-corrected chi connectivity index (χ0v) is 23.7. The number of nitrogens with one attached hydrogen (secondary N) is 1. The normalized spacial score (nSPS) is 20.8. The summed E-state index contributed by atoms with van der Waals surface area (Å²) < 4.78 is 24.8. The van der Waals surface area contributed by atoms with E-state index in [4.69, 9.17) is 18.9 Å². The summed E-state index contributed by atoms with van der Waals surface area (Å²) in [6.07, 6.45) is -3.41. The summed E-state index contributed by atoms with van der Waals surface area (Å²) in [5, 5.41) is 0.345. The van der Waals surface area contributed by atoms with E-state index in [1.54, 1.807) is 54.6 Å². The topological polar surface area (TPSA) is 156 Å². The summed E-state index contributed by atoms with van der Waals surface area (Å²) in [7, 11) is 0. The van der Waals surface area contributed by atoms with Gasteiger partial charge in [-0.1, -0.05) is 54.6 Å². The van der Waals surface area contributed by atoms with Gasteiger partial charge in [-0.2, -0.15) is 4.98 Å². The van der Waals surface area contributed by atoms with Gasteiger partial charge in [-0.15, -0.1) is 0 Å². The zero-order valence-electron chi connectivity index (χ0n) is 23.7. The first-order valence-electron chi connectivity index (χ1n) is 13.8. The van der Waals surface area contributed by atoms with E-state index in [1.165, 1.54) is 61.7 Å². The fraction of sp³-hybridized carbons (Fsp3) is 0.152. The van der Waals surface area contributed by atoms with Crippen LogP contribution in [0.25, 0.3) is 11.0 Å². The molecule has 3 aromatic carbocycles. The van der Waals surface area contributed by atoms with Crippen LogP contribution >= 0.6 is 0 Å². The number of carbonyl (C=O) groups excluding carboxylic acids is 3. The fourth-order valence-electron chi connectivity index (χ4n) is 4.99. The van der Waals surface area contributed by atoms with Crippen LogP contribution in [0.4, 0.5) is 0 Å². The molecule has 1 aliphatic rings. The van der Waals surface area contributed by atoms with Gasteiger partial charge in [0.15, 0.2) is 11.8 Å². The van der Waals surface area contributed by atoms with Gasteiger partial charge >= 0.3 is 23.6 Å². The number of hydrogen-bond acceptors (Lipinski definition) is 10. The number of ether oxygens (including phenoxy) is 4. The van der Waals surface area contributed by atoms with Gasteiger partial charge in [0, 0.05) is 17.6 Å². The highest BCUT2D eigenvalue weighted by atomic mass is 16.8. The molecule has 0 bridgehead atoms. The van der Waals surface area contributed by atoms with E-state index < -0.39 is 53.4 Å². The minimum absolute atomic E-state index is 0.0174. The molecule has 12 heteroatoms. The molecule has 0 amide bonds. The number of H-pyrrole nitrogens is 1. The number of fused-ring (bicyclic) bond motifs is 1. The van der Waals surface area contributed by atoms with Gasteiger partial charge in [-0.3, -0.25) is 9.36 Å². The molecule has 0 spiro atoms. The minimum atomic E-state index is -1.97. The predicted octanol–water partition coefficient (Wildman–Crippen LogP) is 3.64. The zero-order chi connectivity index (χ0) is 31.6. The van der Waals surface area contributed by atoms with E-state index in [9.17, 15) is 24.0 Å². The van der Waals surface area contributed by atoms with Crippen molar-refractivity contribution < 1.29 is 33.3 Å². The average Bonchev–Trinajstić information content (AvgIpc) is 3.31. The Hall–Kier alpha value is -5.88. The maximum absolute atomic E-state index is 13.5. The van der Waals surface area contributed by atoms with Crippen molar-refractivity contribution in [3.05, 3.63) is 147 Å². The molecule has 2 unspecified atom stereocenters. The van der Waals surface area contributed by atoms with Gasteiger partial charge in [0.1, 0.15) is 5.65 Å². The van der Waals surface area contributed by atoms with Gasteiger partial charge in [-0.25, -0.2) is 19.2 Å². The molecule has 0 saturated carbocycles. The number of rotatable bonds is 7. The number of pyridine rings is 1. The van der Waals surface area contributed by atoms with E-state index in [0.717, 1.165) is 4.57 Å². The molecule has 0 radical (unpaired) electrons. The Morgan fingerprint density at radius 3 is 1.87 bits per heavy atom. The third-order valence-electron chi connectivity index (χ3n) is 7.25. The molecule has 1 aliphatic heterocycles. The summed E-state index contributed by atoms with van der Waals surface area (Å²) in [4.78, 5) is 71.8. The highest BCUT2D eigenvalue weighted by Gasteiger charge is 2.62. The smallest absolute Gasteiger partial charge is 0.351 e. The van der Waals surface area contributed by atoms with Gasteiger partial charge in [0.25, 0.3) is 0 Å². The predicted molar refractivity (Wildman–Crippen MR) is 158 cm³/mol. The van der Waals surface area contributed by atoms with Crippen molar-refractivity contribution in [1.29, 1.82) is 0 Å². The van der Waals surface area contributed by atoms with Crippen LogP contribution in [0, 0.1) is 0 Å². The van der Waals surface area contributed by atoms with Gasteiger partial charge in [0.05, 0.1) is 16.7 Å². The molecule has 45 heavy (non-hydrogen) atoms. The molecular formula is C33H25N3O9. The van der Waals surface area contributed by atoms with Crippen molar-refractivity contribution in [1.82, 2.24) is 14.5 Å². The van der Waals surface area contributed by atoms with Crippen molar-refractivity contribution in [2.24, 2.45) is 0 Å². The highest BCUT2D eigenvalue weighted by molar-refractivity contribution is 5.91. The molecule has 12 nitrogen and oxygen atoms in total. The number of benzene rings is 3. The standard InChI is InChI=1S/C33H25N3O9/c1-33(45-29(40)22-15-9-4-10-16-22)25(42-27(38)20-11-5-2-6-12-20)30(43-28(39)21-13-7-3-8-14-21)44-31(33)36-19-23-17-18-24(37)34-26(23)35-32(36)41/h2-19,25,30-31H,1H3,(H,34,35,37,41)/t25?,30?,31-,33-/m1/s1. The van der Waals surface area contributed by atoms with Crippen LogP contribution in [-0.2, 0) is 18.9 Å². The second-order valence-corrected chi connectivity index (χ2v) is 10.3. The Bertz CT molecular complexity index is 2000. The van der Waals surface area contributed by atoms with Gasteiger partial charge in [0.2, 0.25) is 18.0 Å². The van der Waals surface area contributed by atoms with Crippen molar-refractivity contribution in [3.63, 3.8) is 0 Å². The van der Waals surface area contributed by atoms with Gasteiger partial charge in [-0.05, 0) is 49.4 Å². The Morgan fingerprint density at radius 2 is 1.29 bits per heavy atom. The van der Waals surface area contributed by atoms with Gasteiger partial charge < -0.3 is 23.9 Å². The quantitative estimate of drug-likeness (QED) is 0.214. The minimum Gasteiger partial charge on any atom is -0.448 e. The monoisotopic (exact) mass is 607 g/mol. The molecule has 1 saturated heterocycles. The lowest BCUT2D eigenvalue weighted by Gasteiger charge is -2.34. The number of carbonyl (C=O) groups is 3. The fourth-order valence-corrected chi connectivity index (χ4v) is 4.99. The van der Waals surface area contributed by atoms with E-state index in [-0.39, 0.29) is 22.3 Å². The van der Waals surface area contributed by atoms with Crippen molar-refractivity contribution in [3.8, 4) is 0 Å². The van der Waals surface area contributed by atoms with Crippen molar-refractivity contribution in [2.45, 2.75) is 31.1 Å². The van der Waals surface area contributed by atoms with Crippen LogP contribution in [0.2, 0.25) is 0 Å². The number of aromatic amines is 1. The van der Waals surface area contributed by atoms with E-state index in [1.807, 2.05) is 0 Å². The number of nitrogens with zero attached hydrogens (tertiary/aromatic N) is 2. The van der Waals surface area contributed by atoms with Crippen LogP contribution in [-0.4, -0.2) is 50.4 Å². The lowest BCUT2D eigenvalue weighted by molar-refractivity contribution is -0.149. The summed E-state index contributed by atoms with van der Waals surface area (Å²) >= 11 is 0. The summed E-state index contributed by atoms with van der Waals surface area (Å²) in [6.45, 7) is 1.40. The Morgan fingerprint density at radius 1 is 0.756 bits per heavy atom. The molecule has 226 valence electrons. The van der Waals surface area contributed by atoms with Crippen LogP contribution in [0.1, 0.15) is 44.2 Å². The van der Waals surface area contributed by atoms with Crippen molar-refractivity contribution in [2.75, 3.05) is 0 Å². The molecule has 0 aliphatic carbocycles. The second-order valence-electron chi connectivity index (χ2n) is 10.3. The molecule has 5 aromatic rings. The number of esters is 3. The largest absolute Gasteiger partial charge is 0.448 e. The average molecular weight is 608 g/mol. The molecule has 1 fully saturated rings. The highest BCUT2D eigenvalue weighted by Crippen LogP contribution is 2.44. The first kappa shape index (κ1) is 29.2. The lowest BCUT2D eigenvalue weighted by atomic mass is 9.97. The Kier molecular flexibility index (Phi) is 7.80. The van der Waals surface area contributed by atoms with Crippen LogP contribution in [0.3, 0.4) is 0 Å². The maximum atomic E-state index is 13.5. The second kappa shape index (κ2) is 12.0. The molecule has 6 rings (SSSR count). The molecular weight excluding hydrogens is 582 g/mol. The third-order valence-corrected chi connectivity index (χ3v) is 7.25. The van der Waals surface area contributed by atoms with E-state index in [2.05, 4.69) is 9.97 Å². The summed E-state index contributed by atoms with van der Waals surface area (Å²) in [5.41, 5.74) is -2.80. The SMILES string of the molecule is C[C@@]1(OC(=O)c2ccccc2)C(OC(=O)c2ccccc2)C(OC(=O)c2ccccc2)O[C@H]1n1cc2ccc(=O)[nH]c2nc1=O. The summed E-state index contributed by atoms with van der Waals surface area (Å²) in [5.74, 6) is -2.47. The van der Waals surface area contributed by atoms with Crippen LogP contribution in [0.15, 0.2) is 119 Å². The molecule has 3 heterocycles. The van der Waals surface area contributed by atoms with E-state index >= 15 is 0 Å².